The standard InChI is InChI=1S/C75H92N6O8/c1-42(22-23-46-26-29-78-69-53(46)24-25-63(77-4)80-69)50(41-82)38-74-66(85)54-21-10-17-49-36-71(3)27-6-5-13-45-14-8-16-48-37-72-39-59-57(65(61(72)32-55(45)48)88-70(87)75(74,89-74)67(86)64(49)54)34-62(84)73(28-11-19-51(73)18-7-12-43(2)81-72)60(59)33-56(47-15-9-20-52(83)31-47)58-30-44(35-71)40-79-68(58)76/h8-10,15-17,20-21,26,30-31,37,40,43,45,51,55-57,59-63,65,68,77-84H,5-6,11,13-14,18-19,22-25,27-29,32-36,38-39,41,76H2,1-4H3. The van der Waals surface area contributed by atoms with E-state index >= 15 is 14.4 Å². The van der Waals surface area contributed by atoms with Crippen LogP contribution >= 0.6 is 0 Å². The smallest absolute Gasteiger partial charge is 0.350 e. The number of benzene rings is 2. The van der Waals surface area contributed by atoms with Crippen LogP contribution in [-0.2, 0) is 20.7 Å². The molecule has 4 fully saturated rings. The Hall–Kier alpha value is -6.05. The molecular weight excluding hydrogens is 1110 g/mol. The number of phenols is 1. The van der Waals surface area contributed by atoms with Gasteiger partial charge < -0.3 is 51.8 Å². The van der Waals surface area contributed by atoms with Gasteiger partial charge in [-0.2, -0.15) is 0 Å². The Bertz CT molecular complexity index is 3580. The lowest BCUT2D eigenvalue weighted by Crippen LogP contribution is -2.69. The Kier molecular flexibility index (Phi) is 14.9. The molecule has 18 atom stereocenters. The van der Waals surface area contributed by atoms with Gasteiger partial charge in [-0.1, -0.05) is 98.4 Å². The van der Waals surface area contributed by atoms with E-state index in [9.17, 15) is 15.3 Å². The largest absolute Gasteiger partial charge is 0.508 e. The number of dihydropyridines is 2. The average molecular weight is 1210 g/mol. The molecule has 0 radical (unpaired) electrons. The summed E-state index contributed by atoms with van der Waals surface area (Å²) >= 11 is 0. The van der Waals surface area contributed by atoms with Crippen LogP contribution in [0.2, 0.25) is 0 Å². The molecule has 14 heteroatoms. The fourth-order valence-electron chi connectivity index (χ4n) is 21.0. The van der Waals surface area contributed by atoms with Gasteiger partial charge in [-0.25, -0.2) is 4.79 Å². The lowest BCUT2D eigenvalue weighted by atomic mass is 9.44. The number of aliphatic hydroxyl groups is 2. The van der Waals surface area contributed by atoms with Gasteiger partial charge in [-0.3, -0.25) is 14.9 Å². The molecule has 7 heterocycles. The first-order valence-corrected chi connectivity index (χ1v) is 34.1. The van der Waals surface area contributed by atoms with Crippen LogP contribution < -0.4 is 32.3 Å². The first-order chi connectivity index (χ1) is 43.0. The molecule has 14 nitrogen and oxygen atoms in total. The fourth-order valence-corrected chi connectivity index (χ4v) is 21.0. The maximum absolute atomic E-state index is 16.9. The van der Waals surface area contributed by atoms with Crippen LogP contribution in [0, 0.1) is 64.1 Å². The minimum atomic E-state index is -2.34. The number of epoxide rings is 1. The summed E-state index contributed by atoms with van der Waals surface area (Å²) in [4.78, 5) is 49.7. The zero-order valence-electron chi connectivity index (χ0n) is 52.5. The van der Waals surface area contributed by atoms with E-state index in [4.69, 9.17) is 15.2 Å². The van der Waals surface area contributed by atoms with Gasteiger partial charge in [0.15, 0.2) is 11.4 Å². The number of nitrogens with two attached hydrogens (primary N) is 1. The van der Waals surface area contributed by atoms with Crippen molar-refractivity contribution in [2.75, 3.05) is 20.2 Å². The highest BCUT2D eigenvalue weighted by atomic mass is 16.7. The highest BCUT2D eigenvalue weighted by molar-refractivity contribution is 6.33. The first-order valence-electron chi connectivity index (χ1n) is 34.1. The Balaban J connectivity index is 0.933. The second kappa shape index (κ2) is 22.4. The maximum Gasteiger partial charge on any atom is 0.350 e. The summed E-state index contributed by atoms with van der Waals surface area (Å²) in [6, 6.07) is 13.0. The fraction of sp³-hybridized carbons (Fsp3) is 0.587. The molecule has 3 saturated carbocycles. The molecular formula is C75H92N6O8. The van der Waals surface area contributed by atoms with Gasteiger partial charge in [0.1, 0.15) is 17.7 Å². The maximum atomic E-state index is 16.9. The van der Waals surface area contributed by atoms with Crippen molar-refractivity contribution < 1.29 is 39.2 Å². The molecule has 0 amide bonds. The van der Waals surface area contributed by atoms with Crippen molar-refractivity contribution in [3.05, 3.63) is 146 Å². The summed E-state index contributed by atoms with van der Waals surface area (Å²) < 4.78 is 14.6. The van der Waals surface area contributed by atoms with Gasteiger partial charge in [0.05, 0.1) is 31.1 Å². The number of fused-ring (bicyclic) bond motifs is 3. The van der Waals surface area contributed by atoms with E-state index in [2.05, 4.69) is 94.9 Å². The van der Waals surface area contributed by atoms with Crippen LogP contribution in [0.15, 0.2) is 124 Å². The summed E-state index contributed by atoms with van der Waals surface area (Å²) in [5.41, 5.74) is 10.8. The highest BCUT2D eigenvalue weighted by Gasteiger charge is 2.86. The zero-order chi connectivity index (χ0) is 61.4. The second-order valence-corrected chi connectivity index (χ2v) is 30.0. The quantitative estimate of drug-likeness (QED) is 0.0395. The number of aromatic hydroxyl groups is 1. The van der Waals surface area contributed by atoms with Crippen molar-refractivity contribution in [2.24, 2.45) is 58.0 Å². The minimum absolute atomic E-state index is 0.0951. The molecule has 2 aromatic carbocycles. The van der Waals surface area contributed by atoms with Crippen molar-refractivity contribution in [1.29, 1.82) is 0 Å². The van der Waals surface area contributed by atoms with Crippen LogP contribution in [0.1, 0.15) is 181 Å². The van der Waals surface area contributed by atoms with Gasteiger partial charge in [0.25, 0.3) is 5.60 Å². The van der Waals surface area contributed by atoms with Crippen molar-refractivity contribution in [3.8, 4) is 17.6 Å². The lowest BCUT2D eigenvalue weighted by Gasteiger charge is -2.64. The number of esters is 1. The number of ketones is 2. The number of nitrogens with one attached hydrogen (secondary N) is 5. The van der Waals surface area contributed by atoms with E-state index in [0.717, 1.165) is 98.7 Å². The predicted molar refractivity (Wildman–Crippen MR) is 341 cm³/mol. The predicted octanol–water partition coefficient (Wildman–Crippen LogP) is 9.80. The molecule has 15 rings (SSSR count). The molecule has 13 aliphatic rings. The number of phenolic OH excluding ortho intramolecular Hbond substituents is 1. The number of aliphatic hydroxyl groups excluding tert-OH is 2. The topological polar surface area (TPSA) is 220 Å². The molecule has 470 valence electrons. The minimum Gasteiger partial charge on any atom is -0.508 e. The molecule has 7 aliphatic heterocycles. The number of Topliss-reactive ketones (excluding diaryl/α,β-unsaturated/α-hetero) is 2. The van der Waals surface area contributed by atoms with Crippen LogP contribution in [0.3, 0.4) is 0 Å². The third-order valence-corrected chi connectivity index (χ3v) is 25.2. The van der Waals surface area contributed by atoms with Gasteiger partial charge >= 0.3 is 5.97 Å². The van der Waals surface area contributed by atoms with Crippen LogP contribution in [0.25, 0.3) is 0 Å². The third-order valence-electron chi connectivity index (χ3n) is 25.2. The van der Waals surface area contributed by atoms with E-state index in [1.54, 1.807) is 12.1 Å². The Morgan fingerprint density at radius 3 is 2.69 bits per heavy atom. The van der Waals surface area contributed by atoms with Crippen molar-refractivity contribution in [3.63, 3.8) is 0 Å². The normalized spacial score (nSPS) is 41.0. The van der Waals surface area contributed by atoms with Crippen LogP contribution in [0.4, 0.5) is 0 Å². The molecule has 6 aliphatic carbocycles. The molecule has 3 spiro atoms. The Morgan fingerprint density at radius 2 is 1.84 bits per heavy atom. The summed E-state index contributed by atoms with van der Waals surface area (Å²) in [5, 5.41) is 55.1. The molecule has 89 heavy (non-hydrogen) atoms. The van der Waals surface area contributed by atoms with Crippen LogP contribution in [0.5, 0.6) is 5.75 Å². The van der Waals surface area contributed by atoms with Crippen molar-refractivity contribution in [2.45, 2.75) is 202 Å². The first kappa shape index (κ1) is 59.3. The monoisotopic (exact) mass is 1200 g/mol. The van der Waals surface area contributed by atoms with Gasteiger partial charge in [0, 0.05) is 65.4 Å². The lowest BCUT2D eigenvalue weighted by molar-refractivity contribution is -0.204. The number of hydrogen-bond acceptors (Lipinski definition) is 14. The third kappa shape index (κ3) is 9.49. The molecule has 2 aromatic rings. The summed E-state index contributed by atoms with van der Waals surface area (Å²) in [7, 11) is 1.96. The van der Waals surface area contributed by atoms with Crippen LogP contribution in [-0.4, -0.2) is 100 Å². The number of ether oxygens (including phenoxy) is 2. The number of carbonyl (C=O) groups is 3. The zero-order valence-corrected chi connectivity index (χ0v) is 52.5. The van der Waals surface area contributed by atoms with E-state index in [0.29, 0.717) is 75.0 Å². The number of rotatable bonds is 8. The SMILES string of the molecule is CNC1CCC2=C(NCC=C2CCC(C)=C(CO)CC23OC24C(=O)OC2C5CC(O)C67CCCC6CC#CC(C)NC68C=C9C=CCC(CCCCC(C)(CC%10=CNC(N)C(=C%10)C(c%10cccc(O)c%10)CC7C5C6)Cc5cccc(c5C4=O)C3=O)C9CC28)N1. The van der Waals surface area contributed by atoms with Gasteiger partial charge in [0.2, 0.25) is 5.78 Å². The van der Waals surface area contributed by atoms with E-state index in [1.165, 1.54) is 16.7 Å². The Morgan fingerprint density at radius 1 is 0.978 bits per heavy atom. The Labute approximate surface area is 525 Å². The number of allylic oxidation sites excluding steroid dienone is 8. The van der Waals surface area contributed by atoms with Gasteiger partial charge in [-0.15, -0.1) is 5.92 Å². The van der Waals surface area contributed by atoms with Crippen molar-refractivity contribution in [1.82, 2.24) is 26.6 Å². The average Bonchev–Trinajstić information content (AvgIpc) is 1.50. The number of carbonyl (C=O) groups excluding carboxylic acids is 3. The van der Waals surface area contributed by atoms with Crippen molar-refractivity contribution >= 4 is 17.5 Å². The summed E-state index contributed by atoms with van der Waals surface area (Å²) in [6.45, 7) is 6.78. The molecule has 18 unspecified atom stereocenters. The molecule has 13 bridgehead atoms. The second-order valence-electron chi connectivity index (χ2n) is 30.0. The van der Waals surface area contributed by atoms with E-state index in [1.807, 2.05) is 38.2 Å². The summed E-state index contributed by atoms with van der Waals surface area (Å²) in [5.74, 6) is 6.21. The highest BCUT2D eigenvalue weighted by Crippen LogP contribution is 2.69. The van der Waals surface area contributed by atoms with E-state index in [-0.39, 0.29) is 83.5 Å². The molecule has 1 saturated heterocycles. The molecule has 0 aromatic heterocycles. The van der Waals surface area contributed by atoms with E-state index < -0.39 is 63.5 Å². The summed E-state index contributed by atoms with van der Waals surface area (Å²) in [6.07, 6.45) is 26.6. The number of hydrogen-bond donors (Lipinski definition) is 9. The van der Waals surface area contributed by atoms with Gasteiger partial charge in [-0.05, 0) is 209 Å². The molecule has 10 N–H and O–H groups in total.